The lowest BCUT2D eigenvalue weighted by Crippen LogP contribution is -2.30. The van der Waals surface area contributed by atoms with Crippen molar-refractivity contribution in [3.8, 4) is 5.75 Å². The zero-order valence-corrected chi connectivity index (χ0v) is 12.2. The predicted molar refractivity (Wildman–Crippen MR) is 85.7 cm³/mol. The summed E-state index contributed by atoms with van der Waals surface area (Å²) in [5.41, 5.74) is 8.02. The van der Waals surface area contributed by atoms with Gasteiger partial charge in [-0.3, -0.25) is 4.79 Å². The van der Waals surface area contributed by atoms with Crippen LogP contribution in [0.25, 0.3) is 0 Å². The number of nitrogens with zero attached hydrogens (tertiary/aromatic N) is 1. The van der Waals surface area contributed by atoms with Crippen molar-refractivity contribution in [2.24, 2.45) is 0 Å². The van der Waals surface area contributed by atoms with Crippen molar-refractivity contribution in [1.82, 2.24) is 0 Å². The minimum atomic E-state index is -0.134. The van der Waals surface area contributed by atoms with Crippen molar-refractivity contribution in [3.63, 3.8) is 0 Å². The molecule has 1 amide bonds. The molecular weight excluding hydrogens is 266 g/mol. The molecule has 2 aromatic carbocycles. The van der Waals surface area contributed by atoms with Crippen LogP contribution in [-0.4, -0.2) is 26.6 Å². The summed E-state index contributed by atoms with van der Waals surface area (Å²) < 4.78 is 5.21. The number of hydrogen-bond donors (Lipinski definition) is 2. The summed E-state index contributed by atoms with van der Waals surface area (Å²) in [6, 6.07) is 14.7. The zero-order valence-electron chi connectivity index (χ0n) is 12.2. The van der Waals surface area contributed by atoms with Crippen LogP contribution in [0.3, 0.4) is 0 Å². The summed E-state index contributed by atoms with van der Waals surface area (Å²) in [4.78, 5) is 13.9. The number of nitrogens with one attached hydrogen (secondary N) is 1. The summed E-state index contributed by atoms with van der Waals surface area (Å²) in [6.07, 6.45) is 0. The Labute approximate surface area is 124 Å². The highest BCUT2D eigenvalue weighted by Crippen LogP contribution is 2.24. The second-order valence-electron chi connectivity index (χ2n) is 4.66. The summed E-state index contributed by atoms with van der Waals surface area (Å²) in [5, 5.41) is 2.84. The number of ether oxygens (including phenoxy) is 1. The fourth-order valence-corrected chi connectivity index (χ4v) is 2.07. The lowest BCUT2D eigenvalue weighted by atomic mass is 10.2. The third kappa shape index (κ3) is 3.66. The van der Waals surface area contributed by atoms with Gasteiger partial charge >= 0.3 is 0 Å². The maximum Gasteiger partial charge on any atom is 0.243 e. The molecule has 0 fully saturated rings. The Morgan fingerprint density at radius 1 is 1.19 bits per heavy atom. The van der Waals surface area contributed by atoms with E-state index in [1.807, 2.05) is 43.4 Å². The normalized spacial score (nSPS) is 10.0. The highest BCUT2D eigenvalue weighted by molar-refractivity contribution is 5.95. The Bertz CT molecular complexity index is 628. The molecular formula is C16H19N3O2. The zero-order chi connectivity index (χ0) is 15.2. The molecule has 0 atom stereocenters. The number of benzene rings is 2. The fourth-order valence-electron chi connectivity index (χ4n) is 2.07. The van der Waals surface area contributed by atoms with Gasteiger partial charge in [-0.1, -0.05) is 24.3 Å². The van der Waals surface area contributed by atoms with Crippen molar-refractivity contribution in [2.75, 3.05) is 36.7 Å². The van der Waals surface area contributed by atoms with E-state index in [0.29, 0.717) is 17.1 Å². The monoisotopic (exact) mass is 285 g/mol. The first kappa shape index (κ1) is 14.7. The molecule has 2 rings (SSSR count). The van der Waals surface area contributed by atoms with Gasteiger partial charge in [0.15, 0.2) is 0 Å². The lowest BCUT2D eigenvalue weighted by Gasteiger charge is -2.20. The molecule has 2 aromatic rings. The first-order valence-electron chi connectivity index (χ1n) is 6.60. The average molecular weight is 285 g/mol. The molecule has 0 aliphatic rings. The Hall–Kier alpha value is -2.69. The molecule has 5 heteroatoms. The van der Waals surface area contributed by atoms with Crippen molar-refractivity contribution >= 4 is 23.0 Å². The van der Waals surface area contributed by atoms with E-state index >= 15 is 0 Å². The second-order valence-corrected chi connectivity index (χ2v) is 4.66. The van der Waals surface area contributed by atoms with E-state index in [-0.39, 0.29) is 12.5 Å². The van der Waals surface area contributed by atoms with Crippen molar-refractivity contribution < 1.29 is 9.53 Å². The van der Waals surface area contributed by atoms with Crippen LogP contribution in [0, 0.1) is 0 Å². The molecule has 0 bridgehead atoms. The predicted octanol–water partition coefficient (Wildman–Crippen LogP) is 2.35. The maximum absolute atomic E-state index is 12.1. The Morgan fingerprint density at radius 2 is 1.86 bits per heavy atom. The standard InChI is InChI=1S/C16H19N3O2/c1-19(14-9-5-3-7-12(14)17)11-16(20)18-13-8-4-6-10-15(13)21-2/h3-10H,11,17H2,1-2H3,(H,18,20). The fraction of sp³-hybridized carbons (Fsp3) is 0.188. The highest BCUT2D eigenvalue weighted by Gasteiger charge is 2.11. The second kappa shape index (κ2) is 6.65. The molecule has 3 N–H and O–H groups in total. The molecule has 0 saturated carbocycles. The van der Waals surface area contributed by atoms with E-state index in [4.69, 9.17) is 10.5 Å². The first-order chi connectivity index (χ1) is 10.1. The van der Waals surface area contributed by atoms with Gasteiger partial charge in [-0.25, -0.2) is 0 Å². The molecule has 0 aromatic heterocycles. The average Bonchev–Trinajstić information content (AvgIpc) is 2.48. The van der Waals surface area contributed by atoms with Gasteiger partial charge in [0.1, 0.15) is 5.75 Å². The molecule has 5 nitrogen and oxygen atoms in total. The van der Waals surface area contributed by atoms with Crippen LogP contribution < -0.4 is 20.7 Å². The molecule has 21 heavy (non-hydrogen) atoms. The number of likely N-dealkylation sites (N-methyl/N-ethyl adjacent to an activating group) is 1. The van der Waals surface area contributed by atoms with Gasteiger partial charge in [0, 0.05) is 7.05 Å². The van der Waals surface area contributed by atoms with Crippen LogP contribution >= 0.6 is 0 Å². The highest BCUT2D eigenvalue weighted by atomic mass is 16.5. The van der Waals surface area contributed by atoms with Gasteiger partial charge in [0.2, 0.25) is 5.91 Å². The number of para-hydroxylation sites is 4. The minimum absolute atomic E-state index is 0.134. The molecule has 110 valence electrons. The van der Waals surface area contributed by atoms with Gasteiger partial charge in [-0.05, 0) is 24.3 Å². The van der Waals surface area contributed by atoms with E-state index in [9.17, 15) is 4.79 Å². The van der Waals surface area contributed by atoms with Crippen LogP contribution in [0.5, 0.6) is 5.75 Å². The minimum Gasteiger partial charge on any atom is -0.495 e. The molecule has 0 spiro atoms. The van der Waals surface area contributed by atoms with Crippen LogP contribution in [0.1, 0.15) is 0 Å². The summed E-state index contributed by atoms with van der Waals surface area (Å²) in [6.45, 7) is 0.201. The smallest absolute Gasteiger partial charge is 0.243 e. The number of nitrogen functional groups attached to an aromatic ring is 1. The summed E-state index contributed by atoms with van der Waals surface area (Å²) in [5.74, 6) is 0.498. The molecule has 0 aliphatic heterocycles. The Balaban J connectivity index is 2.03. The molecule has 0 unspecified atom stereocenters. The number of methoxy groups -OCH3 is 1. The first-order valence-corrected chi connectivity index (χ1v) is 6.60. The number of nitrogens with two attached hydrogens (primary N) is 1. The number of amides is 1. The maximum atomic E-state index is 12.1. The van der Waals surface area contributed by atoms with Gasteiger partial charge in [0.25, 0.3) is 0 Å². The van der Waals surface area contributed by atoms with E-state index in [2.05, 4.69) is 5.32 Å². The molecule has 0 heterocycles. The topological polar surface area (TPSA) is 67.6 Å². The van der Waals surface area contributed by atoms with E-state index in [0.717, 1.165) is 5.69 Å². The van der Waals surface area contributed by atoms with Crippen molar-refractivity contribution in [3.05, 3.63) is 48.5 Å². The van der Waals surface area contributed by atoms with Crippen LogP contribution in [0.2, 0.25) is 0 Å². The lowest BCUT2D eigenvalue weighted by molar-refractivity contribution is -0.114. The van der Waals surface area contributed by atoms with Crippen molar-refractivity contribution in [2.45, 2.75) is 0 Å². The third-order valence-electron chi connectivity index (χ3n) is 3.11. The number of carbonyl (C=O) groups is 1. The van der Waals surface area contributed by atoms with Gasteiger partial charge in [0.05, 0.1) is 30.7 Å². The third-order valence-corrected chi connectivity index (χ3v) is 3.11. The quantitative estimate of drug-likeness (QED) is 0.828. The Morgan fingerprint density at radius 3 is 2.57 bits per heavy atom. The summed E-state index contributed by atoms with van der Waals surface area (Å²) >= 11 is 0. The van der Waals surface area contributed by atoms with Crippen LogP contribution in [0.15, 0.2) is 48.5 Å². The number of carbonyl (C=O) groups excluding carboxylic acids is 1. The molecule has 0 aliphatic carbocycles. The number of rotatable bonds is 5. The van der Waals surface area contributed by atoms with Crippen molar-refractivity contribution in [1.29, 1.82) is 0 Å². The van der Waals surface area contributed by atoms with Gasteiger partial charge < -0.3 is 20.7 Å². The molecule has 0 saturated heterocycles. The SMILES string of the molecule is COc1ccccc1NC(=O)CN(C)c1ccccc1N. The van der Waals surface area contributed by atoms with Gasteiger partial charge in [-0.2, -0.15) is 0 Å². The van der Waals surface area contributed by atoms with Crippen LogP contribution in [-0.2, 0) is 4.79 Å². The number of hydrogen-bond acceptors (Lipinski definition) is 4. The largest absolute Gasteiger partial charge is 0.495 e. The van der Waals surface area contributed by atoms with E-state index < -0.39 is 0 Å². The van der Waals surface area contributed by atoms with E-state index in [1.54, 1.807) is 24.1 Å². The van der Waals surface area contributed by atoms with Gasteiger partial charge in [-0.15, -0.1) is 0 Å². The Kier molecular flexibility index (Phi) is 4.66. The van der Waals surface area contributed by atoms with E-state index in [1.165, 1.54) is 0 Å². The summed E-state index contributed by atoms with van der Waals surface area (Å²) in [7, 11) is 3.40. The van der Waals surface area contributed by atoms with Crippen LogP contribution in [0.4, 0.5) is 17.1 Å². The number of anilines is 3. The molecule has 0 radical (unpaired) electrons.